The van der Waals surface area contributed by atoms with Crippen LogP contribution < -0.4 is 0 Å². The van der Waals surface area contributed by atoms with E-state index < -0.39 is 0 Å². The predicted octanol–water partition coefficient (Wildman–Crippen LogP) is 3.08. The highest BCUT2D eigenvalue weighted by molar-refractivity contribution is 6.31. The average molecular weight is 373 g/mol. The summed E-state index contributed by atoms with van der Waals surface area (Å²) in [5.74, 6) is -0.363. The lowest BCUT2D eigenvalue weighted by atomic mass is 10.1. The molecule has 1 aromatic carbocycles. The van der Waals surface area contributed by atoms with Gasteiger partial charge in [-0.15, -0.1) is 0 Å². The van der Waals surface area contributed by atoms with Crippen LogP contribution in [0.15, 0.2) is 48.9 Å². The van der Waals surface area contributed by atoms with Gasteiger partial charge in [-0.2, -0.15) is 0 Å². The number of rotatable bonds is 3. The van der Waals surface area contributed by atoms with Gasteiger partial charge in [0, 0.05) is 55.0 Å². The molecule has 1 aliphatic rings. The highest BCUT2D eigenvalue weighted by Gasteiger charge is 2.24. The van der Waals surface area contributed by atoms with E-state index in [2.05, 4.69) is 9.88 Å². The zero-order valence-corrected chi connectivity index (χ0v) is 14.9. The Hall–Kier alpha value is -2.44. The van der Waals surface area contributed by atoms with Gasteiger partial charge < -0.3 is 9.30 Å². The van der Waals surface area contributed by atoms with E-state index in [1.165, 1.54) is 6.07 Å². The molecule has 7 heteroatoms. The van der Waals surface area contributed by atoms with Crippen LogP contribution in [0.1, 0.15) is 16.1 Å². The molecule has 26 heavy (non-hydrogen) atoms. The minimum atomic E-state index is -0.291. The largest absolute Gasteiger partial charge is 0.335 e. The minimum absolute atomic E-state index is 0.0720. The Morgan fingerprint density at radius 2 is 1.96 bits per heavy atom. The summed E-state index contributed by atoms with van der Waals surface area (Å²) in [6.07, 6.45) is 3.54. The molecule has 1 amide bonds. The lowest BCUT2D eigenvalue weighted by Crippen LogP contribution is -2.48. The van der Waals surface area contributed by atoms with Gasteiger partial charge in [0.25, 0.3) is 5.91 Å². The summed E-state index contributed by atoms with van der Waals surface area (Å²) < 4.78 is 15.8. The first-order chi connectivity index (χ1) is 12.6. The van der Waals surface area contributed by atoms with E-state index in [0.717, 1.165) is 5.52 Å². The Bertz CT molecular complexity index is 929. The fourth-order valence-electron chi connectivity index (χ4n) is 3.23. The number of carbonyl (C=O) groups is 1. The molecule has 1 fully saturated rings. The standard InChI is InChI=1S/C19H18ClFN4O/c20-16-4-1-5-17(21)15(16)12-23-7-9-24(10-8-23)19(26)18-11-14-3-2-6-25(14)13-22-18/h1-6,11,13H,7-10,12H2. The highest BCUT2D eigenvalue weighted by atomic mass is 35.5. The second kappa shape index (κ2) is 7.05. The summed E-state index contributed by atoms with van der Waals surface area (Å²) in [7, 11) is 0. The molecular weight excluding hydrogens is 355 g/mol. The third-order valence-corrected chi connectivity index (χ3v) is 5.09. The number of hydrogen-bond acceptors (Lipinski definition) is 3. The second-order valence-corrected chi connectivity index (χ2v) is 6.79. The second-order valence-electron chi connectivity index (χ2n) is 6.38. The molecule has 1 aliphatic heterocycles. The predicted molar refractivity (Wildman–Crippen MR) is 97.8 cm³/mol. The SMILES string of the molecule is O=C(c1cc2cccn2cn1)N1CCN(Cc2c(F)cccc2Cl)CC1. The molecule has 5 nitrogen and oxygen atoms in total. The number of amides is 1. The molecular formula is C19H18ClFN4O. The molecule has 134 valence electrons. The van der Waals surface area contributed by atoms with Gasteiger partial charge in [-0.3, -0.25) is 9.69 Å². The summed E-state index contributed by atoms with van der Waals surface area (Å²) in [4.78, 5) is 20.9. The first-order valence-electron chi connectivity index (χ1n) is 8.49. The Morgan fingerprint density at radius 3 is 2.73 bits per heavy atom. The Labute approximate surface area is 155 Å². The molecule has 3 aromatic rings. The molecule has 0 radical (unpaired) electrons. The lowest BCUT2D eigenvalue weighted by molar-refractivity contribution is 0.0621. The van der Waals surface area contributed by atoms with Crippen molar-refractivity contribution >= 4 is 23.0 Å². The number of halogens is 2. The third kappa shape index (κ3) is 3.30. The van der Waals surface area contributed by atoms with Crippen molar-refractivity contribution in [1.29, 1.82) is 0 Å². The number of hydrogen-bond donors (Lipinski definition) is 0. The first kappa shape index (κ1) is 17.0. The van der Waals surface area contributed by atoms with E-state index in [1.807, 2.05) is 22.7 Å². The van der Waals surface area contributed by atoms with Crippen LogP contribution in [0.3, 0.4) is 0 Å². The van der Waals surface area contributed by atoms with Crippen LogP contribution >= 0.6 is 11.6 Å². The highest BCUT2D eigenvalue weighted by Crippen LogP contribution is 2.21. The van der Waals surface area contributed by atoms with Gasteiger partial charge in [0.2, 0.25) is 0 Å². The van der Waals surface area contributed by atoms with Crippen molar-refractivity contribution in [2.75, 3.05) is 26.2 Å². The number of carbonyl (C=O) groups excluding carboxylic acids is 1. The van der Waals surface area contributed by atoms with Gasteiger partial charge in [0.15, 0.2) is 0 Å². The molecule has 0 atom stereocenters. The molecule has 0 bridgehead atoms. The van der Waals surface area contributed by atoms with Gasteiger partial charge in [-0.05, 0) is 30.3 Å². The summed E-state index contributed by atoms with van der Waals surface area (Å²) in [6.45, 7) is 2.95. The molecule has 0 aliphatic carbocycles. The Kier molecular flexibility index (Phi) is 4.61. The van der Waals surface area contributed by atoms with Gasteiger partial charge in [0.05, 0.1) is 6.33 Å². The van der Waals surface area contributed by atoms with Crippen LogP contribution in [-0.4, -0.2) is 51.3 Å². The summed E-state index contributed by atoms with van der Waals surface area (Å²) in [5.41, 5.74) is 1.90. The van der Waals surface area contributed by atoms with Gasteiger partial charge in [-0.25, -0.2) is 9.37 Å². The van der Waals surface area contributed by atoms with E-state index in [-0.39, 0.29) is 11.7 Å². The number of aromatic nitrogens is 2. The van der Waals surface area contributed by atoms with Crippen LogP contribution in [0.5, 0.6) is 0 Å². The number of fused-ring (bicyclic) bond motifs is 1. The quantitative estimate of drug-likeness (QED) is 0.709. The fourth-order valence-corrected chi connectivity index (χ4v) is 3.45. The lowest BCUT2D eigenvalue weighted by Gasteiger charge is -2.34. The molecule has 0 unspecified atom stereocenters. The van der Waals surface area contributed by atoms with E-state index in [0.29, 0.717) is 49.0 Å². The van der Waals surface area contributed by atoms with Crippen molar-refractivity contribution < 1.29 is 9.18 Å². The number of piperazine rings is 1. The fraction of sp³-hybridized carbons (Fsp3) is 0.263. The minimum Gasteiger partial charge on any atom is -0.335 e. The molecule has 1 saturated heterocycles. The van der Waals surface area contributed by atoms with Crippen LogP contribution in [0.25, 0.3) is 5.52 Å². The van der Waals surface area contributed by atoms with Crippen LogP contribution in [0, 0.1) is 5.82 Å². The monoisotopic (exact) mass is 372 g/mol. The normalized spacial score (nSPS) is 15.5. The maximum absolute atomic E-state index is 13.9. The molecule has 4 rings (SSSR count). The molecule has 3 heterocycles. The van der Waals surface area contributed by atoms with Crippen molar-refractivity contribution in [3.63, 3.8) is 0 Å². The zero-order valence-electron chi connectivity index (χ0n) is 14.1. The summed E-state index contributed by atoms with van der Waals surface area (Å²) in [6, 6.07) is 10.4. The van der Waals surface area contributed by atoms with E-state index >= 15 is 0 Å². The van der Waals surface area contributed by atoms with Gasteiger partial charge in [0.1, 0.15) is 11.5 Å². The van der Waals surface area contributed by atoms with Crippen molar-refractivity contribution in [1.82, 2.24) is 19.2 Å². The van der Waals surface area contributed by atoms with E-state index in [4.69, 9.17) is 11.6 Å². The number of nitrogens with zero attached hydrogens (tertiary/aromatic N) is 4. The molecule has 0 saturated carbocycles. The van der Waals surface area contributed by atoms with Crippen molar-refractivity contribution in [3.8, 4) is 0 Å². The van der Waals surface area contributed by atoms with Crippen molar-refractivity contribution in [3.05, 3.63) is 71.0 Å². The first-order valence-corrected chi connectivity index (χ1v) is 8.87. The van der Waals surface area contributed by atoms with Crippen LogP contribution in [0.4, 0.5) is 4.39 Å². The van der Waals surface area contributed by atoms with E-state index in [1.54, 1.807) is 29.4 Å². The molecule has 0 spiro atoms. The Balaban J connectivity index is 1.40. The maximum atomic E-state index is 13.9. The van der Waals surface area contributed by atoms with Crippen LogP contribution in [0.2, 0.25) is 5.02 Å². The van der Waals surface area contributed by atoms with Crippen molar-refractivity contribution in [2.24, 2.45) is 0 Å². The zero-order chi connectivity index (χ0) is 18.1. The number of benzene rings is 1. The third-order valence-electron chi connectivity index (χ3n) is 4.74. The molecule has 0 N–H and O–H groups in total. The average Bonchev–Trinajstić information content (AvgIpc) is 3.12. The van der Waals surface area contributed by atoms with Crippen LogP contribution in [-0.2, 0) is 6.54 Å². The topological polar surface area (TPSA) is 40.9 Å². The molecule has 2 aromatic heterocycles. The summed E-state index contributed by atoms with van der Waals surface area (Å²) >= 11 is 6.10. The summed E-state index contributed by atoms with van der Waals surface area (Å²) in [5, 5.41) is 0.438. The van der Waals surface area contributed by atoms with Crippen molar-refractivity contribution in [2.45, 2.75) is 6.54 Å². The smallest absolute Gasteiger partial charge is 0.272 e. The van der Waals surface area contributed by atoms with Gasteiger partial charge >= 0.3 is 0 Å². The maximum Gasteiger partial charge on any atom is 0.272 e. The van der Waals surface area contributed by atoms with E-state index in [9.17, 15) is 9.18 Å². The Morgan fingerprint density at radius 1 is 1.15 bits per heavy atom. The van der Waals surface area contributed by atoms with Gasteiger partial charge in [-0.1, -0.05) is 17.7 Å².